The second-order valence-electron chi connectivity index (χ2n) is 4.82. The van der Waals surface area contributed by atoms with Gasteiger partial charge in [-0.3, -0.25) is 9.59 Å². The van der Waals surface area contributed by atoms with E-state index < -0.39 is 0 Å². The van der Waals surface area contributed by atoms with Crippen molar-refractivity contribution >= 4 is 11.8 Å². The lowest BCUT2D eigenvalue weighted by atomic mass is 10.2. The van der Waals surface area contributed by atoms with Crippen molar-refractivity contribution in [1.29, 1.82) is 0 Å². The highest BCUT2D eigenvalue weighted by Crippen LogP contribution is 2.17. The first-order chi connectivity index (χ1) is 8.69. The van der Waals surface area contributed by atoms with Crippen LogP contribution >= 0.6 is 0 Å². The molecule has 0 radical (unpaired) electrons. The van der Waals surface area contributed by atoms with Crippen molar-refractivity contribution in [2.24, 2.45) is 5.73 Å². The number of carbonyl (C=O) groups excluding carboxylic acids is 2. The van der Waals surface area contributed by atoms with Crippen LogP contribution in [0.1, 0.15) is 45.4 Å². The number of hydrogen-bond donors (Lipinski definition) is 2. The molecule has 0 saturated carbocycles. The molecule has 1 heterocycles. The Morgan fingerprint density at radius 2 is 2.17 bits per heavy atom. The summed E-state index contributed by atoms with van der Waals surface area (Å²) < 4.78 is 0. The molecule has 0 aromatic carbocycles. The summed E-state index contributed by atoms with van der Waals surface area (Å²) in [5, 5.41) is 2.81. The molecule has 1 saturated heterocycles. The van der Waals surface area contributed by atoms with E-state index in [1.807, 2.05) is 11.8 Å². The molecule has 2 amide bonds. The maximum Gasteiger partial charge on any atom is 0.222 e. The van der Waals surface area contributed by atoms with Gasteiger partial charge in [0.2, 0.25) is 11.8 Å². The van der Waals surface area contributed by atoms with Crippen LogP contribution in [-0.2, 0) is 9.59 Å². The van der Waals surface area contributed by atoms with E-state index in [2.05, 4.69) is 5.32 Å². The molecule has 0 aliphatic carbocycles. The lowest BCUT2D eigenvalue weighted by molar-refractivity contribution is -0.132. The standard InChI is InChI=1S/C13H25N3O2/c1-2-8-15-12(17)6-3-7-13(18)16-9-4-5-11(16)10-14/h11H,2-10,14H2,1H3,(H,15,17). The fourth-order valence-corrected chi connectivity index (χ4v) is 2.31. The van der Waals surface area contributed by atoms with Crippen LogP contribution in [0.2, 0.25) is 0 Å². The number of likely N-dealkylation sites (tertiary alicyclic amines) is 1. The lowest BCUT2D eigenvalue weighted by Crippen LogP contribution is -2.39. The van der Waals surface area contributed by atoms with Crippen molar-refractivity contribution in [2.45, 2.75) is 51.5 Å². The highest BCUT2D eigenvalue weighted by Gasteiger charge is 2.26. The molecule has 0 aromatic rings. The zero-order valence-corrected chi connectivity index (χ0v) is 11.3. The molecule has 1 aliphatic heterocycles. The molecule has 18 heavy (non-hydrogen) atoms. The Hall–Kier alpha value is -1.10. The van der Waals surface area contributed by atoms with Crippen LogP contribution in [0.3, 0.4) is 0 Å². The summed E-state index contributed by atoms with van der Waals surface area (Å²) in [7, 11) is 0. The maximum atomic E-state index is 11.9. The summed E-state index contributed by atoms with van der Waals surface area (Å²) in [5.41, 5.74) is 5.64. The van der Waals surface area contributed by atoms with Gasteiger partial charge in [-0.2, -0.15) is 0 Å². The van der Waals surface area contributed by atoms with E-state index in [1.165, 1.54) is 0 Å². The average molecular weight is 255 g/mol. The fourth-order valence-electron chi connectivity index (χ4n) is 2.31. The van der Waals surface area contributed by atoms with Crippen molar-refractivity contribution < 1.29 is 9.59 Å². The quantitative estimate of drug-likeness (QED) is 0.700. The first-order valence-electron chi connectivity index (χ1n) is 6.95. The molecule has 5 nitrogen and oxygen atoms in total. The first-order valence-corrected chi connectivity index (χ1v) is 6.95. The second-order valence-corrected chi connectivity index (χ2v) is 4.82. The molecule has 1 unspecified atom stereocenters. The zero-order valence-electron chi connectivity index (χ0n) is 11.3. The van der Waals surface area contributed by atoms with Crippen LogP contribution in [0.4, 0.5) is 0 Å². The largest absolute Gasteiger partial charge is 0.356 e. The van der Waals surface area contributed by atoms with Gasteiger partial charge in [0.25, 0.3) is 0 Å². The molecule has 1 rings (SSSR count). The maximum absolute atomic E-state index is 11.9. The second kappa shape index (κ2) is 8.08. The third-order valence-corrected chi connectivity index (χ3v) is 3.34. The molecule has 1 atom stereocenters. The van der Waals surface area contributed by atoms with Gasteiger partial charge in [-0.05, 0) is 25.7 Å². The number of amides is 2. The number of rotatable bonds is 7. The van der Waals surface area contributed by atoms with E-state index in [0.717, 1.165) is 25.8 Å². The number of carbonyl (C=O) groups is 2. The van der Waals surface area contributed by atoms with E-state index in [1.54, 1.807) is 0 Å². The molecule has 0 spiro atoms. The summed E-state index contributed by atoms with van der Waals surface area (Å²) in [6.07, 6.45) is 4.52. The van der Waals surface area contributed by atoms with Gasteiger partial charge >= 0.3 is 0 Å². The van der Waals surface area contributed by atoms with Crippen LogP contribution in [0.5, 0.6) is 0 Å². The molecule has 0 bridgehead atoms. The lowest BCUT2D eigenvalue weighted by Gasteiger charge is -2.23. The van der Waals surface area contributed by atoms with Crippen LogP contribution in [0, 0.1) is 0 Å². The van der Waals surface area contributed by atoms with E-state index in [-0.39, 0.29) is 17.9 Å². The first kappa shape index (κ1) is 15.0. The predicted molar refractivity (Wildman–Crippen MR) is 70.9 cm³/mol. The van der Waals surface area contributed by atoms with Crippen molar-refractivity contribution in [3.05, 3.63) is 0 Å². The highest BCUT2D eigenvalue weighted by molar-refractivity contribution is 5.79. The Bertz CT molecular complexity index is 281. The molecule has 1 fully saturated rings. The molecular formula is C13H25N3O2. The number of nitrogens with one attached hydrogen (secondary N) is 1. The zero-order chi connectivity index (χ0) is 13.4. The Balaban J connectivity index is 2.18. The fraction of sp³-hybridized carbons (Fsp3) is 0.846. The summed E-state index contributed by atoms with van der Waals surface area (Å²) in [4.78, 5) is 25.2. The van der Waals surface area contributed by atoms with Crippen molar-refractivity contribution in [2.75, 3.05) is 19.6 Å². The van der Waals surface area contributed by atoms with E-state index in [0.29, 0.717) is 32.4 Å². The van der Waals surface area contributed by atoms with Crippen LogP contribution in [0.25, 0.3) is 0 Å². The summed E-state index contributed by atoms with van der Waals surface area (Å²) in [6.45, 7) is 4.10. The molecule has 104 valence electrons. The van der Waals surface area contributed by atoms with Gasteiger partial charge in [0, 0.05) is 38.5 Å². The normalized spacial score (nSPS) is 19.0. The summed E-state index contributed by atoms with van der Waals surface area (Å²) >= 11 is 0. The van der Waals surface area contributed by atoms with Crippen LogP contribution in [0.15, 0.2) is 0 Å². The minimum Gasteiger partial charge on any atom is -0.356 e. The summed E-state index contributed by atoms with van der Waals surface area (Å²) in [5.74, 6) is 0.188. The van der Waals surface area contributed by atoms with Crippen molar-refractivity contribution in [1.82, 2.24) is 10.2 Å². The molecule has 1 aliphatic rings. The van der Waals surface area contributed by atoms with Crippen LogP contribution in [-0.4, -0.2) is 42.4 Å². The smallest absolute Gasteiger partial charge is 0.222 e. The van der Waals surface area contributed by atoms with Gasteiger partial charge in [0.1, 0.15) is 0 Å². The SMILES string of the molecule is CCCNC(=O)CCCC(=O)N1CCCC1CN. The number of hydrogen-bond acceptors (Lipinski definition) is 3. The summed E-state index contributed by atoms with van der Waals surface area (Å²) in [6, 6.07) is 0.214. The average Bonchev–Trinajstić information content (AvgIpc) is 2.84. The van der Waals surface area contributed by atoms with Gasteiger partial charge < -0.3 is 16.0 Å². The monoisotopic (exact) mass is 255 g/mol. The Morgan fingerprint density at radius 3 is 2.83 bits per heavy atom. The molecule has 5 heteroatoms. The third-order valence-electron chi connectivity index (χ3n) is 3.34. The van der Waals surface area contributed by atoms with Gasteiger partial charge in [-0.25, -0.2) is 0 Å². The molecule has 3 N–H and O–H groups in total. The van der Waals surface area contributed by atoms with Gasteiger partial charge in [0.15, 0.2) is 0 Å². The third kappa shape index (κ3) is 4.64. The highest BCUT2D eigenvalue weighted by atomic mass is 16.2. The molecule has 0 aromatic heterocycles. The minimum atomic E-state index is 0.0430. The number of nitrogens with two attached hydrogens (primary N) is 1. The Labute approximate surface area is 109 Å². The van der Waals surface area contributed by atoms with E-state index >= 15 is 0 Å². The van der Waals surface area contributed by atoms with E-state index in [9.17, 15) is 9.59 Å². The van der Waals surface area contributed by atoms with Crippen molar-refractivity contribution in [3.63, 3.8) is 0 Å². The van der Waals surface area contributed by atoms with Gasteiger partial charge in [-0.15, -0.1) is 0 Å². The van der Waals surface area contributed by atoms with Gasteiger partial charge in [0.05, 0.1) is 0 Å². The van der Waals surface area contributed by atoms with E-state index in [4.69, 9.17) is 5.73 Å². The minimum absolute atomic E-state index is 0.0430. The van der Waals surface area contributed by atoms with Gasteiger partial charge in [-0.1, -0.05) is 6.92 Å². The van der Waals surface area contributed by atoms with Crippen molar-refractivity contribution in [3.8, 4) is 0 Å². The topological polar surface area (TPSA) is 75.4 Å². The predicted octanol–water partition coefficient (Wildman–Crippen LogP) is 0.633. The molecular weight excluding hydrogens is 230 g/mol. The Kier molecular flexibility index (Phi) is 6.72. The Morgan fingerprint density at radius 1 is 1.39 bits per heavy atom. The number of nitrogens with zero attached hydrogens (tertiary/aromatic N) is 1. The van der Waals surface area contributed by atoms with Crippen LogP contribution < -0.4 is 11.1 Å².